The molecule has 0 radical (unpaired) electrons. The van der Waals surface area contributed by atoms with Gasteiger partial charge in [-0.15, -0.1) is 0 Å². The van der Waals surface area contributed by atoms with Gasteiger partial charge in [-0.25, -0.2) is 4.79 Å². The van der Waals surface area contributed by atoms with Gasteiger partial charge in [0.15, 0.2) is 0 Å². The molecule has 6 heteroatoms. The topological polar surface area (TPSA) is 87.5 Å². The molecule has 2 aromatic rings. The number of piperidine rings is 1. The molecule has 0 spiro atoms. The molecule has 1 atom stereocenters. The van der Waals surface area contributed by atoms with Crippen molar-refractivity contribution in [3.63, 3.8) is 0 Å². The zero-order valence-electron chi connectivity index (χ0n) is 15.3. The molecule has 1 fully saturated rings. The van der Waals surface area contributed by atoms with Crippen LogP contribution in [0.5, 0.6) is 0 Å². The normalized spacial score (nSPS) is 15.8. The molecule has 3 rings (SSSR count). The molecule has 2 aromatic carbocycles. The molecule has 1 heterocycles. The van der Waals surface area contributed by atoms with Gasteiger partial charge in [-0.3, -0.25) is 4.79 Å². The van der Waals surface area contributed by atoms with Crippen molar-refractivity contribution in [1.82, 2.24) is 10.2 Å². The standard InChI is InChI=1S/C21H26N4O2/c22-19(16-7-3-1-4-8-16)15-20(26)23-18-11-13-25(14-12-18)21(27)24-17-9-5-2-6-10-17/h1-10,18-19H,11-15,22H2,(H,23,26)(H,24,27). The first-order chi connectivity index (χ1) is 13.1. The Balaban J connectivity index is 1.41. The maximum atomic E-state index is 12.3. The minimum Gasteiger partial charge on any atom is -0.353 e. The summed E-state index contributed by atoms with van der Waals surface area (Å²) in [4.78, 5) is 26.4. The van der Waals surface area contributed by atoms with E-state index in [2.05, 4.69) is 10.6 Å². The summed E-state index contributed by atoms with van der Waals surface area (Å²) in [6, 6.07) is 18.7. The predicted molar refractivity (Wildman–Crippen MR) is 106 cm³/mol. The van der Waals surface area contributed by atoms with Gasteiger partial charge in [-0.1, -0.05) is 48.5 Å². The van der Waals surface area contributed by atoms with Gasteiger partial charge in [0.1, 0.15) is 0 Å². The molecule has 142 valence electrons. The second-order valence-corrected chi connectivity index (χ2v) is 6.85. The third-order valence-electron chi connectivity index (χ3n) is 4.81. The van der Waals surface area contributed by atoms with E-state index < -0.39 is 0 Å². The number of para-hydroxylation sites is 1. The Morgan fingerprint density at radius 3 is 2.22 bits per heavy atom. The van der Waals surface area contributed by atoms with Crippen LogP contribution in [0.25, 0.3) is 0 Å². The maximum absolute atomic E-state index is 12.3. The van der Waals surface area contributed by atoms with E-state index in [-0.39, 0.29) is 30.4 Å². The molecular formula is C21H26N4O2. The number of nitrogens with two attached hydrogens (primary N) is 1. The molecule has 1 aliphatic heterocycles. The van der Waals surface area contributed by atoms with Crippen molar-refractivity contribution < 1.29 is 9.59 Å². The lowest BCUT2D eigenvalue weighted by Crippen LogP contribution is -2.48. The maximum Gasteiger partial charge on any atom is 0.321 e. The van der Waals surface area contributed by atoms with Gasteiger partial charge >= 0.3 is 6.03 Å². The van der Waals surface area contributed by atoms with Crippen LogP contribution in [0.3, 0.4) is 0 Å². The molecule has 1 aliphatic rings. The van der Waals surface area contributed by atoms with Crippen LogP contribution in [0.4, 0.5) is 10.5 Å². The molecule has 1 saturated heterocycles. The molecule has 27 heavy (non-hydrogen) atoms. The lowest BCUT2D eigenvalue weighted by molar-refractivity contribution is -0.122. The molecule has 0 saturated carbocycles. The first-order valence-corrected chi connectivity index (χ1v) is 9.32. The van der Waals surface area contributed by atoms with Crippen LogP contribution in [0.15, 0.2) is 60.7 Å². The molecule has 4 N–H and O–H groups in total. The van der Waals surface area contributed by atoms with Gasteiger partial charge in [0, 0.05) is 37.3 Å². The summed E-state index contributed by atoms with van der Waals surface area (Å²) < 4.78 is 0. The summed E-state index contributed by atoms with van der Waals surface area (Å²) in [5, 5.41) is 5.95. The van der Waals surface area contributed by atoms with Gasteiger partial charge in [0.05, 0.1) is 0 Å². The monoisotopic (exact) mass is 366 g/mol. The molecule has 6 nitrogen and oxygen atoms in total. The zero-order valence-corrected chi connectivity index (χ0v) is 15.3. The van der Waals surface area contributed by atoms with Crippen LogP contribution in [0.2, 0.25) is 0 Å². The fourth-order valence-electron chi connectivity index (χ4n) is 3.26. The Morgan fingerprint density at radius 1 is 1.00 bits per heavy atom. The van der Waals surface area contributed by atoms with E-state index in [9.17, 15) is 9.59 Å². The fourth-order valence-corrected chi connectivity index (χ4v) is 3.26. The summed E-state index contributed by atoms with van der Waals surface area (Å²) in [5.74, 6) is -0.0430. The summed E-state index contributed by atoms with van der Waals surface area (Å²) in [6.07, 6.45) is 1.75. The third kappa shape index (κ3) is 5.56. The Morgan fingerprint density at radius 2 is 1.59 bits per heavy atom. The SMILES string of the molecule is NC(CC(=O)NC1CCN(C(=O)Nc2ccccc2)CC1)c1ccccc1. The number of benzene rings is 2. The average molecular weight is 366 g/mol. The highest BCUT2D eigenvalue weighted by molar-refractivity contribution is 5.89. The smallest absolute Gasteiger partial charge is 0.321 e. The van der Waals surface area contributed by atoms with Crippen molar-refractivity contribution in [3.8, 4) is 0 Å². The summed E-state index contributed by atoms with van der Waals surface area (Å²) in [5.41, 5.74) is 7.86. The quantitative estimate of drug-likeness (QED) is 0.760. The van der Waals surface area contributed by atoms with E-state index in [0.29, 0.717) is 13.1 Å². The Labute approximate surface area is 159 Å². The number of urea groups is 1. The summed E-state index contributed by atoms with van der Waals surface area (Å²) in [6.45, 7) is 1.24. The van der Waals surface area contributed by atoms with Crippen molar-refractivity contribution in [3.05, 3.63) is 66.2 Å². The minimum atomic E-state index is -0.303. The highest BCUT2D eigenvalue weighted by Crippen LogP contribution is 2.16. The number of nitrogens with zero attached hydrogens (tertiary/aromatic N) is 1. The molecule has 0 aromatic heterocycles. The zero-order chi connectivity index (χ0) is 19.1. The Hall–Kier alpha value is -2.86. The van der Waals surface area contributed by atoms with Gasteiger partial charge in [-0.05, 0) is 30.5 Å². The minimum absolute atomic E-state index is 0.0430. The number of amides is 3. The number of likely N-dealkylation sites (tertiary alicyclic amines) is 1. The second kappa shape index (κ2) is 9.19. The summed E-state index contributed by atoms with van der Waals surface area (Å²) in [7, 11) is 0. The highest BCUT2D eigenvalue weighted by Gasteiger charge is 2.24. The lowest BCUT2D eigenvalue weighted by atomic mass is 10.0. The van der Waals surface area contributed by atoms with Crippen molar-refractivity contribution in [2.75, 3.05) is 18.4 Å². The van der Waals surface area contributed by atoms with E-state index >= 15 is 0 Å². The highest BCUT2D eigenvalue weighted by atomic mass is 16.2. The van der Waals surface area contributed by atoms with E-state index in [1.165, 1.54) is 0 Å². The van der Waals surface area contributed by atoms with E-state index in [1.54, 1.807) is 4.90 Å². The number of rotatable bonds is 5. The molecular weight excluding hydrogens is 340 g/mol. The first-order valence-electron chi connectivity index (χ1n) is 9.32. The van der Waals surface area contributed by atoms with Crippen molar-refractivity contribution in [2.45, 2.75) is 31.3 Å². The number of hydrogen-bond donors (Lipinski definition) is 3. The number of carbonyl (C=O) groups excluding carboxylic acids is 2. The number of anilines is 1. The van der Waals surface area contributed by atoms with Crippen LogP contribution < -0.4 is 16.4 Å². The van der Waals surface area contributed by atoms with Crippen LogP contribution in [-0.4, -0.2) is 36.0 Å². The van der Waals surface area contributed by atoms with Gasteiger partial charge in [0.2, 0.25) is 5.91 Å². The largest absolute Gasteiger partial charge is 0.353 e. The summed E-state index contributed by atoms with van der Waals surface area (Å²) >= 11 is 0. The molecule has 3 amide bonds. The van der Waals surface area contributed by atoms with Crippen molar-refractivity contribution in [1.29, 1.82) is 0 Å². The van der Waals surface area contributed by atoms with Crippen LogP contribution >= 0.6 is 0 Å². The van der Waals surface area contributed by atoms with Gasteiger partial charge in [-0.2, -0.15) is 0 Å². The Kier molecular flexibility index (Phi) is 6.44. The molecule has 1 unspecified atom stereocenters. The predicted octanol–water partition coefficient (Wildman–Crippen LogP) is 2.89. The number of carbonyl (C=O) groups is 2. The Bertz CT molecular complexity index is 743. The van der Waals surface area contributed by atoms with Crippen LogP contribution in [-0.2, 0) is 4.79 Å². The average Bonchev–Trinajstić information content (AvgIpc) is 2.70. The molecule has 0 aliphatic carbocycles. The van der Waals surface area contributed by atoms with Crippen molar-refractivity contribution >= 4 is 17.6 Å². The fraction of sp³-hybridized carbons (Fsp3) is 0.333. The van der Waals surface area contributed by atoms with Crippen LogP contribution in [0, 0.1) is 0 Å². The van der Waals surface area contributed by atoms with Crippen molar-refractivity contribution in [2.24, 2.45) is 5.73 Å². The number of nitrogens with one attached hydrogen (secondary N) is 2. The van der Waals surface area contributed by atoms with Gasteiger partial charge < -0.3 is 21.3 Å². The lowest BCUT2D eigenvalue weighted by Gasteiger charge is -2.32. The van der Waals surface area contributed by atoms with Gasteiger partial charge in [0.25, 0.3) is 0 Å². The second-order valence-electron chi connectivity index (χ2n) is 6.85. The first kappa shape index (κ1) is 18.9. The number of hydrogen-bond acceptors (Lipinski definition) is 3. The van der Waals surface area contributed by atoms with Crippen LogP contribution in [0.1, 0.15) is 30.9 Å². The molecule has 0 bridgehead atoms. The van der Waals surface area contributed by atoms with E-state index in [1.807, 2.05) is 60.7 Å². The van der Waals surface area contributed by atoms with E-state index in [0.717, 1.165) is 24.1 Å². The third-order valence-corrected chi connectivity index (χ3v) is 4.81. The van der Waals surface area contributed by atoms with E-state index in [4.69, 9.17) is 5.73 Å².